The lowest BCUT2D eigenvalue weighted by molar-refractivity contribution is 0.0816. The highest BCUT2D eigenvalue weighted by atomic mass is 32.2. The number of rotatable bonds is 4. The highest BCUT2D eigenvalue weighted by molar-refractivity contribution is 8.00. The van der Waals surface area contributed by atoms with Gasteiger partial charge in [-0.2, -0.15) is 8.78 Å². The first-order valence-electron chi connectivity index (χ1n) is 6.91. The number of benzene rings is 1. The Kier molecular flexibility index (Phi) is 3.51. The number of alkyl halides is 4. The van der Waals surface area contributed by atoms with E-state index >= 15 is 0 Å². The van der Waals surface area contributed by atoms with Crippen molar-refractivity contribution in [3.8, 4) is 0 Å². The third-order valence-corrected chi connectivity index (χ3v) is 5.46. The molecule has 110 valence electrons. The molecule has 1 aromatic carbocycles. The molecule has 5 heteroatoms. The molecule has 0 nitrogen and oxygen atoms in total. The van der Waals surface area contributed by atoms with E-state index in [1.54, 1.807) is 12.1 Å². The quantitative estimate of drug-likeness (QED) is 0.636. The Balaban J connectivity index is 1.99. The van der Waals surface area contributed by atoms with Crippen LogP contribution in [0.3, 0.4) is 0 Å². The summed E-state index contributed by atoms with van der Waals surface area (Å²) in [5.41, 5.74) is 0.583. The molecule has 3 rings (SSSR count). The van der Waals surface area contributed by atoms with Crippen LogP contribution in [0.2, 0.25) is 0 Å². The predicted molar refractivity (Wildman–Crippen MR) is 71.7 cm³/mol. The number of aryl methyl sites for hydroxylation is 1. The van der Waals surface area contributed by atoms with Crippen molar-refractivity contribution in [2.24, 2.45) is 5.92 Å². The third-order valence-electron chi connectivity index (χ3n) is 4.26. The molecule has 1 saturated carbocycles. The molecule has 1 aromatic rings. The van der Waals surface area contributed by atoms with Gasteiger partial charge in [0.1, 0.15) is 0 Å². The molecule has 0 aromatic heterocycles. The van der Waals surface area contributed by atoms with Crippen LogP contribution in [0.5, 0.6) is 0 Å². The first kappa shape index (κ1) is 14.2. The first-order chi connectivity index (χ1) is 9.40. The minimum atomic E-state index is -2.99. The van der Waals surface area contributed by atoms with Gasteiger partial charge in [0, 0.05) is 10.5 Å². The highest BCUT2D eigenvalue weighted by Gasteiger charge is 2.48. The molecule has 0 radical (unpaired) electrons. The summed E-state index contributed by atoms with van der Waals surface area (Å²) >= 11 is 0.412. The van der Waals surface area contributed by atoms with Gasteiger partial charge in [0.05, 0.1) is 5.92 Å². The van der Waals surface area contributed by atoms with E-state index in [1.165, 1.54) is 19.8 Å². The molecule has 0 saturated heterocycles. The molecule has 1 atom stereocenters. The van der Waals surface area contributed by atoms with E-state index in [0.717, 1.165) is 6.42 Å². The SMILES string of the molecule is CC1c2c(ccc(CCC3CC3)c2C(F)F)SC1(F)F. The number of hydrogen-bond acceptors (Lipinski definition) is 1. The summed E-state index contributed by atoms with van der Waals surface area (Å²) in [7, 11) is 0. The topological polar surface area (TPSA) is 0 Å². The molecule has 0 amide bonds. The predicted octanol–water partition coefficient (Wildman–Crippen LogP) is 5.77. The van der Waals surface area contributed by atoms with Crippen molar-refractivity contribution in [1.29, 1.82) is 0 Å². The van der Waals surface area contributed by atoms with Gasteiger partial charge >= 0.3 is 5.25 Å². The van der Waals surface area contributed by atoms with Crippen LogP contribution in [0, 0.1) is 5.92 Å². The molecule has 1 aliphatic heterocycles. The molecule has 1 heterocycles. The van der Waals surface area contributed by atoms with Crippen LogP contribution in [-0.4, -0.2) is 5.25 Å². The minimum Gasteiger partial charge on any atom is -0.205 e. The van der Waals surface area contributed by atoms with Crippen LogP contribution in [0.15, 0.2) is 17.0 Å². The molecule has 2 aliphatic rings. The summed E-state index contributed by atoms with van der Waals surface area (Å²) in [5, 5.41) is -2.99. The lowest BCUT2D eigenvalue weighted by Gasteiger charge is -2.18. The number of hydrogen-bond donors (Lipinski definition) is 0. The summed E-state index contributed by atoms with van der Waals surface area (Å²) in [6, 6.07) is 3.20. The fourth-order valence-corrected chi connectivity index (χ4v) is 3.96. The Bertz CT molecular complexity index is 523. The Morgan fingerprint density at radius 1 is 1.30 bits per heavy atom. The summed E-state index contributed by atoms with van der Waals surface area (Å²) in [5.74, 6) is -0.505. The number of halogens is 4. The van der Waals surface area contributed by atoms with Crippen molar-refractivity contribution in [2.75, 3.05) is 0 Å². The third kappa shape index (κ3) is 2.45. The van der Waals surface area contributed by atoms with Gasteiger partial charge in [-0.1, -0.05) is 37.6 Å². The van der Waals surface area contributed by atoms with Crippen LogP contribution in [0.4, 0.5) is 17.6 Å². The van der Waals surface area contributed by atoms with Crippen LogP contribution in [-0.2, 0) is 6.42 Å². The lowest BCUT2D eigenvalue weighted by atomic mass is 9.90. The Morgan fingerprint density at radius 2 is 2.00 bits per heavy atom. The molecule has 20 heavy (non-hydrogen) atoms. The van der Waals surface area contributed by atoms with Gasteiger partial charge in [0.25, 0.3) is 6.43 Å². The van der Waals surface area contributed by atoms with Crippen LogP contribution >= 0.6 is 11.8 Å². The molecule has 1 aliphatic carbocycles. The lowest BCUT2D eigenvalue weighted by Crippen LogP contribution is -2.15. The molecule has 0 N–H and O–H groups in total. The van der Waals surface area contributed by atoms with E-state index in [0.29, 0.717) is 34.6 Å². The fourth-order valence-electron chi connectivity index (χ4n) is 2.84. The molecule has 1 unspecified atom stereocenters. The number of fused-ring (bicyclic) bond motifs is 1. The summed E-state index contributed by atoms with van der Waals surface area (Å²) in [6.07, 6.45) is 1.10. The van der Waals surface area contributed by atoms with Crippen molar-refractivity contribution in [2.45, 2.75) is 55.1 Å². The summed E-state index contributed by atoms with van der Waals surface area (Å²) in [6.45, 7) is 1.34. The maximum absolute atomic E-state index is 13.7. The highest BCUT2D eigenvalue weighted by Crippen LogP contribution is 2.57. The Labute approximate surface area is 119 Å². The van der Waals surface area contributed by atoms with E-state index < -0.39 is 17.6 Å². The van der Waals surface area contributed by atoms with Gasteiger partial charge in [-0.05, 0) is 36.0 Å². The second-order valence-corrected chi connectivity index (χ2v) is 6.91. The van der Waals surface area contributed by atoms with E-state index in [-0.39, 0.29) is 11.1 Å². The zero-order chi connectivity index (χ0) is 14.5. The van der Waals surface area contributed by atoms with Gasteiger partial charge in [0.2, 0.25) is 0 Å². The van der Waals surface area contributed by atoms with Crippen molar-refractivity contribution < 1.29 is 17.6 Å². The maximum atomic E-state index is 13.7. The summed E-state index contributed by atoms with van der Waals surface area (Å²) < 4.78 is 54.3. The number of thioether (sulfide) groups is 1. The Morgan fingerprint density at radius 3 is 2.60 bits per heavy atom. The van der Waals surface area contributed by atoms with E-state index in [4.69, 9.17) is 0 Å². The monoisotopic (exact) mass is 304 g/mol. The standard InChI is InChI=1S/C15H16F4S/c1-8-12-11(20-15(8,18)19)7-6-10(13(12)14(16)17)5-4-9-2-3-9/h6-9,14H,2-5H2,1H3. The molecule has 1 fully saturated rings. The van der Waals surface area contributed by atoms with Crippen molar-refractivity contribution in [3.05, 3.63) is 28.8 Å². The van der Waals surface area contributed by atoms with Gasteiger partial charge in [0.15, 0.2) is 0 Å². The van der Waals surface area contributed by atoms with Crippen LogP contribution < -0.4 is 0 Å². The van der Waals surface area contributed by atoms with Crippen molar-refractivity contribution in [1.82, 2.24) is 0 Å². The van der Waals surface area contributed by atoms with Crippen molar-refractivity contribution in [3.63, 3.8) is 0 Å². The zero-order valence-corrected chi connectivity index (χ0v) is 12.0. The molecule has 0 spiro atoms. The van der Waals surface area contributed by atoms with Gasteiger partial charge < -0.3 is 0 Å². The summed E-state index contributed by atoms with van der Waals surface area (Å²) in [4.78, 5) is 0.313. The molecular weight excluding hydrogens is 288 g/mol. The van der Waals surface area contributed by atoms with Gasteiger partial charge in [-0.3, -0.25) is 0 Å². The van der Waals surface area contributed by atoms with Gasteiger partial charge in [-0.25, -0.2) is 8.78 Å². The second kappa shape index (κ2) is 4.93. The van der Waals surface area contributed by atoms with Crippen LogP contribution in [0.25, 0.3) is 0 Å². The smallest absolute Gasteiger partial charge is 0.205 e. The average Bonchev–Trinajstić information content (AvgIpc) is 3.15. The zero-order valence-electron chi connectivity index (χ0n) is 11.1. The van der Waals surface area contributed by atoms with Gasteiger partial charge in [-0.15, -0.1) is 0 Å². The second-order valence-electron chi connectivity index (χ2n) is 5.72. The molecular formula is C15H16F4S. The maximum Gasteiger partial charge on any atom is 0.304 e. The molecule has 0 bridgehead atoms. The van der Waals surface area contributed by atoms with E-state index in [1.807, 2.05) is 0 Å². The van der Waals surface area contributed by atoms with Crippen LogP contribution in [0.1, 0.15) is 55.2 Å². The van der Waals surface area contributed by atoms with E-state index in [2.05, 4.69) is 0 Å². The minimum absolute atomic E-state index is 0.139. The average molecular weight is 304 g/mol. The van der Waals surface area contributed by atoms with E-state index in [9.17, 15) is 17.6 Å². The fraction of sp³-hybridized carbons (Fsp3) is 0.600. The normalized spacial score (nSPS) is 24.2. The first-order valence-corrected chi connectivity index (χ1v) is 7.72. The van der Waals surface area contributed by atoms with Crippen molar-refractivity contribution >= 4 is 11.8 Å². The largest absolute Gasteiger partial charge is 0.304 e. The Hall–Kier alpha value is -0.710.